The van der Waals surface area contributed by atoms with Gasteiger partial charge in [-0.05, 0) is 24.3 Å². The number of aliphatic imine (C=N–C) groups is 1. The smallest absolute Gasteiger partial charge is 0.191 e. The topological polar surface area (TPSA) is 54.2 Å². The van der Waals surface area contributed by atoms with Gasteiger partial charge < -0.3 is 15.2 Å². The van der Waals surface area contributed by atoms with E-state index in [0.29, 0.717) is 18.4 Å². The fraction of sp³-hybridized carbons (Fsp3) is 0.500. The lowest BCUT2D eigenvalue weighted by Gasteiger charge is -2.17. The summed E-state index contributed by atoms with van der Waals surface area (Å²) >= 11 is 0. The molecule has 2 rings (SSSR count). The van der Waals surface area contributed by atoms with Crippen LogP contribution in [-0.2, 0) is 13.1 Å². The highest BCUT2D eigenvalue weighted by Gasteiger charge is 2.08. The third-order valence-corrected chi connectivity index (χ3v) is 4.22. The van der Waals surface area contributed by atoms with E-state index in [1.807, 2.05) is 12.4 Å². The van der Waals surface area contributed by atoms with Crippen molar-refractivity contribution in [2.45, 2.75) is 46.7 Å². The Kier molecular flexibility index (Phi) is 9.69. The average molecular weight is 469 g/mol. The van der Waals surface area contributed by atoms with Crippen LogP contribution in [0, 0.1) is 12.8 Å². The number of hydrogen-bond acceptors (Lipinski definition) is 2. The van der Waals surface area contributed by atoms with Crippen molar-refractivity contribution in [1.29, 1.82) is 0 Å². The molecule has 0 aliphatic rings. The standard InChI is InChI=1S/C20H31N5.HI/c1-15(2)14-25-11-10-22-19(25)13-24-20(21-5)23-12-17(4)18-8-6-16(3)7-9-18;/h6-11,15,17H,12-14H2,1-5H3,(H2,21,23,24);1H. The maximum absolute atomic E-state index is 4.44. The van der Waals surface area contributed by atoms with Gasteiger partial charge in [0.25, 0.3) is 0 Å². The molecule has 1 unspecified atom stereocenters. The zero-order valence-corrected chi connectivity index (χ0v) is 18.8. The van der Waals surface area contributed by atoms with Crippen LogP contribution >= 0.6 is 24.0 Å². The molecule has 2 N–H and O–H groups in total. The Hall–Kier alpha value is -1.57. The Bertz CT molecular complexity index is 676. The molecule has 5 nitrogen and oxygen atoms in total. The van der Waals surface area contributed by atoms with Crippen molar-refractivity contribution in [3.8, 4) is 0 Å². The van der Waals surface area contributed by atoms with Crippen LogP contribution in [0.5, 0.6) is 0 Å². The Morgan fingerprint density at radius 3 is 2.46 bits per heavy atom. The second kappa shape index (κ2) is 11.2. The first-order chi connectivity index (χ1) is 12.0. The van der Waals surface area contributed by atoms with E-state index in [0.717, 1.165) is 24.9 Å². The third kappa shape index (κ3) is 6.97. The van der Waals surface area contributed by atoms with Gasteiger partial charge in [0.15, 0.2) is 5.96 Å². The number of nitrogens with one attached hydrogen (secondary N) is 2. The van der Waals surface area contributed by atoms with E-state index < -0.39 is 0 Å². The molecule has 0 spiro atoms. The van der Waals surface area contributed by atoms with Crippen molar-refractivity contribution in [1.82, 2.24) is 20.2 Å². The highest BCUT2D eigenvalue weighted by atomic mass is 127. The first-order valence-corrected chi connectivity index (χ1v) is 9.00. The van der Waals surface area contributed by atoms with Crippen LogP contribution in [-0.4, -0.2) is 29.1 Å². The van der Waals surface area contributed by atoms with E-state index in [-0.39, 0.29) is 24.0 Å². The number of halogens is 1. The van der Waals surface area contributed by atoms with Crippen molar-refractivity contribution in [2.24, 2.45) is 10.9 Å². The molecule has 144 valence electrons. The zero-order chi connectivity index (χ0) is 18.2. The molecule has 0 saturated carbocycles. The lowest BCUT2D eigenvalue weighted by Crippen LogP contribution is -2.39. The largest absolute Gasteiger partial charge is 0.356 e. The van der Waals surface area contributed by atoms with Gasteiger partial charge >= 0.3 is 0 Å². The fourth-order valence-corrected chi connectivity index (χ4v) is 2.71. The van der Waals surface area contributed by atoms with Gasteiger partial charge in [-0.15, -0.1) is 24.0 Å². The van der Waals surface area contributed by atoms with E-state index in [9.17, 15) is 0 Å². The van der Waals surface area contributed by atoms with Gasteiger partial charge in [-0.1, -0.05) is 50.6 Å². The maximum atomic E-state index is 4.44. The number of hydrogen-bond donors (Lipinski definition) is 2. The number of rotatable bonds is 7. The molecule has 0 bridgehead atoms. The zero-order valence-electron chi connectivity index (χ0n) is 16.5. The number of nitrogens with zero attached hydrogens (tertiary/aromatic N) is 3. The summed E-state index contributed by atoms with van der Waals surface area (Å²) < 4.78 is 2.19. The summed E-state index contributed by atoms with van der Waals surface area (Å²) in [5.41, 5.74) is 2.62. The minimum absolute atomic E-state index is 0. The van der Waals surface area contributed by atoms with Crippen molar-refractivity contribution < 1.29 is 0 Å². The molecule has 0 aliphatic carbocycles. The first kappa shape index (κ1) is 22.5. The molecule has 1 heterocycles. The van der Waals surface area contributed by atoms with Crippen LogP contribution < -0.4 is 10.6 Å². The number of aryl methyl sites for hydroxylation is 1. The first-order valence-electron chi connectivity index (χ1n) is 9.00. The molecular formula is C20H32IN5. The number of guanidine groups is 1. The lowest BCUT2D eigenvalue weighted by atomic mass is 10.0. The summed E-state index contributed by atoms with van der Waals surface area (Å²) in [5.74, 6) is 2.85. The summed E-state index contributed by atoms with van der Waals surface area (Å²) in [4.78, 5) is 8.76. The predicted molar refractivity (Wildman–Crippen MR) is 120 cm³/mol. The van der Waals surface area contributed by atoms with Crippen LogP contribution in [0.4, 0.5) is 0 Å². The Labute approximate surface area is 174 Å². The van der Waals surface area contributed by atoms with Crippen LogP contribution in [0.3, 0.4) is 0 Å². The summed E-state index contributed by atoms with van der Waals surface area (Å²) in [6.07, 6.45) is 3.89. The third-order valence-electron chi connectivity index (χ3n) is 4.22. The summed E-state index contributed by atoms with van der Waals surface area (Å²) in [5, 5.41) is 6.76. The summed E-state index contributed by atoms with van der Waals surface area (Å²) in [7, 11) is 1.80. The summed E-state index contributed by atoms with van der Waals surface area (Å²) in [6, 6.07) is 8.71. The highest BCUT2D eigenvalue weighted by Crippen LogP contribution is 2.14. The average Bonchev–Trinajstić information content (AvgIpc) is 3.01. The van der Waals surface area contributed by atoms with Gasteiger partial charge in [0.1, 0.15) is 5.82 Å². The second-order valence-electron chi connectivity index (χ2n) is 7.01. The fourth-order valence-electron chi connectivity index (χ4n) is 2.71. The summed E-state index contributed by atoms with van der Waals surface area (Å²) in [6.45, 7) is 11.2. The monoisotopic (exact) mass is 469 g/mol. The molecule has 0 amide bonds. The molecule has 0 saturated heterocycles. The SMILES string of the molecule is CN=C(NCc1nccn1CC(C)C)NCC(C)c1ccc(C)cc1.I. The molecule has 26 heavy (non-hydrogen) atoms. The van der Waals surface area contributed by atoms with E-state index in [2.05, 4.69) is 77.1 Å². The van der Waals surface area contributed by atoms with Crippen molar-refractivity contribution in [3.63, 3.8) is 0 Å². The Morgan fingerprint density at radius 1 is 1.15 bits per heavy atom. The highest BCUT2D eigenvalue weighted by molar-refractivity contribution is 14.0. The molecule has 2 aromatic rings. The maximum Gasteiger partial charge on any atom is 0.191 e. The van der Waals surface area contributed by atoms with Crippen molar-refractivity contribution in [2.75, 3.05) is 13.6 Å². The molecule has 0 fully saturated rings. The molecule has 1 atom stereocenters. The van der Waals surface area contributed by atoms with E-state index in [1.165, 1.54) is 11.1 Å². The number of imidazole rings is 1. The van der Waals surface area contributed by atoms with Gasteiger partial charge in [0, 0.05) is 32.5 Å². The van der Waals surface area contributed by atoms with Gasteiger partial charge in [0.2, 0.25) is 0 Å². The molecular weight excluding hydrogens is 437 g/mol. The van der Waals surface area contributed by atoms with Crippen molar-refractivity contribution in [3.05, 3.63) is 53.6 Å². The van der Waals surface area contributed by atoms with Crippen LogP contribution in [0.15, 0.2) is 41.7 Å². The van der Waals surface area contributed by atoms with E-state index in [4.69, 9.17) is 0 Å². The van der Waals surface area contributed by atoms with Crippen molar-refractivity contribution >= 4 is 29.9 Å². The Morgan fingerprint density at radius 2 is 1.85 bits per heavy atom. The van der Waals surface area contributed by atoms with Gasteiger partial charge in [-0.25, -0.2) is 4.98 Å². The van der Waals surface area contributed by atoms with Crippen LogP contribution in [0.2, 0.25) is 0 Å². The molecule has 6 heteroatoms. The minimum atomic E-state index is 0. The predicted octanol–water partition coefficient (Wildman–Crippen LogP) is 3.93. The van der Waals surface area contributed by atoms with E-state index >= 15 is 0 Å². The molecule has 0 aliphatic heterocycles. The van der Waals surface area contributed by atoms with Gasteiger partial charge in [-0.2, -0.15) is 0 Å². The minimum Gasteiger partial charge on any atom is -0.356 e. The quantitative estimate of drug-likeness (QED) is 0.367. The van der Waals surface area contributed by atoms with Crippen LogP contribution in [0.1, 0.15) is 43.6 Å². The Balaban J connectivity index is 0.00000338. The number of benzene rings is 1. The lowest BCUT2D eigenvalue weighted by molar-refractivity contribution is 0.503. The second-order valence-corrected chi connectivity index (χ2v) is 7.01. The molecule has 0 radical (unpaired) electrons. The number of aromatic nitrogens is 2. The van der Waals surface area contributed by atoms with Gasteiger partial charge in [-0.3, -0.25) is 4.99 Å². The van der Waals surface area contributed by atoms with Gasteiger partial charge in [0.05, 0.1) is 6.54 Å². The van der Waals surface area contributed by atoms with Crippen LogP contribution in [0.25, 0.3) is 0 Å². The van der Waals surface area contributed by atoms with E-state index in [1.54, 1.807) is 7.05 Å². The normalized spacial score (nSPS) is 12.6. The molecule has 1 aromatic carbocycles. The molecule has 1 aromatic heterocycles.